The van der Waals surface area contributed by atoms with Gasteiger partial charge in [-0.25, -0.2) is 4.98 Å². The van der Waals surface area contributed by atoms with Crippen molar-refractivity contribution in [2.45, 2.75) is 0 Å². The van der Waals surface area contributed by atoms with Crippen molar-refractivity contribution in [1.29, 1.82) is 0 Å². The van der Waals surface area contributed by atoms with Gasteiger partial charge in [0.25, 0.3) is 11.5 Å². The van der Waals surface area contributed by atoms with Crippen LogP contribution in [0.5, 0.6) is 0 Å². The fraction of sp³-hybridized carbons (Fsp3) is 0. The summed E-state index contributed by atoms with van der Waals surface area (Å²) >= 11 is 0. The zero-order valence-corrected chi connectivity index (χ0v) is 13.9. The Morgan fingerprint density at radius 3 is 2.63 bits per heavy atom. The molecule has 4 rings (SSSR count). The Bertz CT molecular complexity index is 1120. The molecule has 0 atom stereocenters. The first-order valence-electron chi connectivity index (χ1n) is 8.00. The van der Waals surface area contributed by atoms with Crippen molar-refractivity contribution in [3.05, 3.63) is 82.7 Å². The molecule has 0 saturated heterocycles. The van der Waals surface area contributed by atoms with Gasteiger partial charge in [-0.2, -0.15) is 19.7 Å². The number of hydrogen-bond donors (Lipinski definition) is 1. The lowest BCUT2D eigenvalue weighted by Gasteiger charge is -2.06. The first-order chi connectivity index (χ1) is 13.2. The molecule has 2 aromatic heterocycles. The van der Waals surface area contributed by atoms with Crippen LogP contribution >= 0.6 is 0 Å². The molecule has 0 aliphatic heterocycles. The average Bonchev–Trinajstić information content (AvgIpc) is 3.18. The predicted molar refractivity (Wildman–Crippen MR) is 101 cm³/mol. The number of non-ortho nitro benzene ring substituents is 1. The zero-order valence-electron chi connectivity index (χ0n) is 13.9. The molecule has 0 amide bonds. The van der Waals surface area contributed by atoms with E-state index in [0.29, 0.717) is 11.6 Å². The molecule has 9 heteroatoms. The number of nitrogens with one attached hydrogen (secondary N) is 1. The number of nitrogens with zero attached hydrogens (tertiary/aromatic N) is 6. The Kier molecular flexibility index (Phi) is 4.24. The number of anilines is 1. The number of nitro groups is 1. The van der Waals surface area contributed by atoms with E-state index in [9.17, 15) is 10.1 Å². The molecule has 0 bridgehead atoms. The first kappa shape index (κ1) is 16.3. The largest absolute Gasteiger partial charge is 0.269 e. The zero-order chi connectivity index (χ0) is 18.6. The van der Waals surface area contributed by atoms with Gasteiger partial charge in [-0.1, -0.05) is 30.3 Å². The van der Waals surface area contributed by atoms with Gasteiger partial charge in [-0.15, -0.1) is 0 Å². The third-order valence-corrected chi connectivity index (χ3v) is 3.82. The molecule has 0 radical (unpaired) electrons. The molecule has 0 fully saturated rings. The molecule has 0 saturated carbocycles. The topological polar surface area (TPSA) is 111 Å². The molecule has 0 spiro atoms. The summed E-state index contributed by atoms with van der Waals surface area (Å²) in [7, 11) is 0. The van der Waals surface area contributed by atoms with Crippen LogP contribution in [0.4, 0.5) is 11.5 Å². The quantitative estimate of drug-likeness (QED) is 0.333. The van der Waals surface area contributed by atoms with Crippen LogP contribution in [0.15, 0.2) is 72.1 Å². The molecule has 2 heterocycles. The fourth-order valence-electron chi connectivity index (χ4n) is 2.50. The number of fused-ring (bicyclic) bond motifs is 1. The maximum atomic E-state index is 10.7. The van der Waals surface area contributed by atoms with E-state index in [0.717, 1.165) is 16.8 Å². The number of hydrazone groups is 1. The minimum atomic E-state index is -0.442. The molecule has 2 aromatic carbocycles. The van der Waals surface area contributed by atoms with E-state index in [2.05, 4.69) is 25.6 Å². The average molecular weight is 359 g/mol. The highest BCUT2D eigenvalue weighted by atomic mass is 16.6. The van der Waals surface area contributed by atoms with E-state index >= 15 is 0 Å². The van der Waals surface area contributed by atoms with Gasteiger partial charge in [-0.3, -0.25) is 15.5 Å². The molecule has 9 nitrogen and oxygen atoms in total. The fourth-order valence-corrected chi connectivity index (χ4v) is 2.50. The molecule has 132 valence electrons. The highest BCUT2D eigenvalue weighted by molar-refractivity contribution is 5.80. The van der Waals surface area contributed by atoms with Crippen molar-refractivity contribution in [3.63, 3.8) is 0 Å². The Hall–Kier alpha value is -4.14. The number of benzene rings is 2. The lowest BCUT2D eigenvalue weighted by Crippen LogP contribution is -2.02. The van der Waals surface area contributed by atoms with Crippen LogP contribution in [0.3, 0.4) is 0 Å². The number of hydrogen-bond acceptors (Lipinski definition) is 7. The van der Waals surface area contributed by atoms with E-state index in [1.54, 1.807) is 22.9 Å². The Morgan fingerprint density at radius 2 is 1.89 bits per heavy atom. The normalized spacial score (nSPS) is 11.1. The summed E-state index contributed by atoms with van der Waals surface area (Å²) in [5.74, 6) is 1.04. The SMILES string of the molecule is O=[N+]([O-])c1ccc(C=NNc2cc(-c3ccccc3)nc3ncnn23)cc1. The van der Waals surface area contributed by atoms with Gasteiger partial charge in [-0.05, 0) is 17.7 Å². The molecule has 0 aliphatic rings. The molecular formula is C18H13N7O2. The Labute approximate surface area is 153 Å². The summed E-state index contributed by atoms with van der Waals surface area (Å²) in [6.07, 6.45) is 2.98. The summed E-state index contributed by atoms with van der Waals surface area (Å²) < 4.78 is 1.54. The van der Waals surface area contributed by atoms with Crippen LogP contribution in [-0.4, -0.2) is 30.7 Å². The summed E-state index contributed by atoms with van der Waals surface area (Å²) in [4.78, 5) is 18.9. The Morgan fingerprint density at radius 1 is 1.11 bits per heavy atom. The van der Waals surface area contributed by atoms with Gasteiger partial charge >= 0.3 is 0 Å². The standard InChI is InChI=1S/C18H13N7O2/c26-25(27)15-8-6-13(7-9-15)11-20-23-17-10-16(14-4-2-1-3-5-14)22-18-19-12-21-24(17)18/h1-12,23H. The minimum Gasteiger partial charge on any atom is -0.261 e. The van der Waals surface area contributed by atoms with Crippen molar-refractivity contribution in [2.75, 3.05) is 5.43 Å². The summed E-state index contributed by atoms with van der Waals surface area (Å²) in [5, 5.41) is 19.0. The molecule has 4 aromatic rings. The second-order valence-corrected chi connectivity index (χ2v) is 5.58. The second-order valence-electron chi connectivity index (χ2n) is 5.58. The smallest absolute Gasteiger partial charge is 0.261 e. The van der Waals surface area contributed by atoms with Gasteiger partial charge in [0.05, 0.1) is 16.8 Å². The van der Waals surface area contributed by atoms with E-state index < -0.39 is 4.92 Å². The van der Waals surface area contributed by atoms with Crippen LogP contribution in [0.25, 0.3) is 17.0 Å². The molecule has 0 unspecified atom stereocenters. The van der Waals surface area contributed by atoms with Crippen LogP contribution < -0.4 is 5.43 Å². The van der Waals surface area contributed by atoms with Gasteiger partial charge in [0, 0.05) is 23.8 Å². The molecular weight excluding hydrogens is 346 g/mol. The van der Waals surface area contributed by atoms with E-state index in [4.69, 9.17) is 0 Å². The Balaban J connectivity index is 1.61. The molecule has 1 N–H and O–H groups in total. The van der Waals surface area contributed by atoms with E-state index in [-0.39, 0.29) is 5.69 Å². The van der Waals surface area contributed by atoms with E-state index in [1.807, 2.05) is 36.4 Å². The molecule has 0 aliphatic carbocycles. The third-order valence-electron chi connectivity index (χ3n) is 3.82. The lowest BCUT2D eigenvalue weighted by molar-refractivity contribution is -0.384. The van der Waals surface area contributed by atoms with Crippen molar-refractivity contribution >= 4 is 23.5 Å². The summed E-state index contributed by atoms with van der Waals surface area (Å²) in [6, 6.07) is 17.6. The maximum Gasteiger partial charge on any atom is 0.269 e. The van der Waals surface area contributed by atoms with Crippen molar-refractivity contribution in [2.24, 2.45) is 5.10 Å². The van der Waals surface area contributed by atoms with Crippen LogP contribution in [0.1, 0.15) is 5.56 Å². The van der Waals surface area contributed by atoms with Gasteiger partial charge in [0.15, 0.2) is 5.82 Å². The monoisotopic (exact) mass is 359 g/mol. The lowest BCUT2D eigenvalue weighted by atomic mass is 10.1. The molecule has 27 heavy (non-hydrogen) atoms. The second kappa shape index (κ2) is 7.00. The van der Waals surface area contributed by atoms with Crippen molar-refractivity contribution < 1.29 is 4.92 Å². The highest BCUT2D eigenvalue weighted by Crippen LogP contribution is 2.21. The number of rotatable bonds is 5. The van der Waals surface area contributed by atoms with Gasteiger partial charge < -0.3 is 0 Å². The number of nitro benzene ring substituents is 1. The van der Waals surface area contributed by atoms with Gasteiger partial charge in [0.1, 0.15) is 6.33 Å². The van der Waals surface area contributed by atoms with Crippen LogP contribution in [-0.2, 0) is 0 Å². The third kappa shape index (κ3) is 3.47. The highest BCUT2D eigenvalue weighted by Gasteiger charge is 2.08. The summed E-state index contributed by atoms with van der Waals surface area (Å²) in [5.41, 5.74) is 5.37. The van der Waals surface area contributed by atoms with E-state index in [1.165, 1.54) is 18.5 Å². The predicted octanol–water partition coefficient (Wildman–Crippen LogP) is 3.15. The summed E-state index contributed by atoms with van der Waals surface area (Å²) in [6.45, 7) is 0. The van der Waals surface area contributed by atoms with Crippen molar-refractivity contribution in [1.82, 2.24) is 19.6 Å². The first-order valence-corrected chi connectivity index (χ1v) is 8.00. The maximum absolute atomic E-state index is 10.7. The van der Waals surface area contributed by atoms with Crippen LogP contribution in [0.2, 0.25) is 0 Å². The number of aromatic nitrogens is 4. The van der Waals surface area contributed by atoms with Crippen molar-refractivity contribution in [3.8, 4) is 11.3 Å². The van der Waals surface area contributed by atoms with Gasteiger partial charge in [0.2, 0.25) is 0 Å². The minimum absolute atomic E-state index is 0.0334. The van der Waals surface area contributed by atoms with Crippen LogP contribution in [0, 0.1) is 10.1 Å².